The predicted molar refractivity (Wildman–Crippen MR) is 75.9 cm³/mol. The van der Waals surface area contributed by atoms with Crippen molar-refractivity contribution in [3.8, 4) is 0 Å². The lowest BCUT2D eigenvalue weighted by atomic mass is 9.88. The van der Waals surface area contributed by atoms with Gasteiger partial charge in [-0.25, -0.2) is 9.37 Å². The first-order valence-corrected chi connectivity index (χ1v) is 7.17. The fourth-order valence-corrected chi connectivity index (χ4v) is 3.11. The molecule has 102 valence electrons. The molecule has 2 rings (SSSR count). The van der Waals surface area contributed by atoms with Gasteiger partial charge in [0.25, 0.3) is 0 Å². The number of aliphatic hydroxyl groups is 1. The Kier molecular flexibility index (Phi) is 4.02. The second kappa shape index (κ2) is 5.39. The van der Waals surface area contributed by atoms with Crippen molar-refractivity contribution in [2.24, 2.45) is 0 Å². The number of rotatable bonds is 4. The van der Waals surface area contributed by atoms with Crippen LogP contribution in [0.2, 0.25) is 0 Å². The van der Waals surface area contributed by atoms with E-state index in [4.69, 9.17) is 0 Å². The van der Waals surface area contributed by atoms with E-state index in [-0.39, 0.29) is 5.82 Å². The van der Waals surface area contributed by atoms with Gasteiger partial charge in [-0.2, -0.15) is 0 Å². The van der Waals surface area contributed by atoms with Gasteiger partial charge in [0.15, 0.2) is 0 Å². The Morgan fingerprint density at radius 2 is 2.11 bits per heavy atom. The number of benzene rings is 1. The molecule has 0 aliphatic carbocycles. The average molecular weight is 279 g/mol. The highest BCUT2D eigenvalue weighted by atomic mass is 32.1. The van der Waals surface area contributed by atoms with E-state index in [9.17, 15) is 9.50 Å². The third kappa shape index (κ3) is 3.01. The Balaban J connectivity index is 2.32. The largest absolute Gasteiger partial charge is 0.385 e. The zero-order valence-electron chi connectivity index (χ0n) is 11.4. The zero-order valence-corrected chi connectivity index (χ0v) is 12.2. The van der Waals surface area contributed by atoms with E-state index in [2.05, 4.69) is 4.98 Å². The van der Waals surface area contributed by atoms with Crippen LogP contribution in [0.4, 0.5) is 4.39 Å². The molecule has 19 heavy (non-hydrogen) atoms. The van der Waals surface area contributed by atoms with Gasteiger partial charge in [0.1, 0.15) is 5.82 Å². The fraction of sp³-hybridized carbons (Fsp3) is 0.400. The molecule has 0 amide bonds. The number of aromatic nitrogens is 1. The van der Waals surface area contributed by atoms with Crippen LogP contribution in [0, 0.1) is 19.7 Å². The smallest absolute Gasteiger partial charge is 0.123 e. The van der Waals surface area contributed by atoms with E-state index in [1.165, 1.54) is 12.1 Å². The minimum Gasteiger partial charge on any atom is -0.385 e. The molecular formula is C15H18FNOS. The fourth-order valence-electron chi connectivity index (χ4n) is 2.07. The van der Waals surface area contributed by atoms with Crippen LogP contribution in [0.1, 0.15) is 34.5 Å². The minimum absolute atomic E-state index is 0.323. The van der Waals surface area contributed by atoms with Gasteiger partial charge >= 0.3 is 0 Å². The molecule has 1 aromatic heterocycles. The Bertz CT molecular complexity index is 562. The molecule has 0 aliphatic heterocycles. The Hall–Kier alpha value is -1.26. The van der Waals surface area contributed by atoms with E-state index in [0.717, 1.165) is 15.6 Å². The summed E-state index contributed by atoms with van der Waals surface area (Å²) in [6, 6.07) is 6.18. The van der Waals surface area contributed by atoms with Gasteiger partial charge in [0.05, 0.1) is 16.3 Å². The minimum atomic E-state index is -1.06. The lowest BCUT2D eigenvalue weighted by Crippen LogP contribution is -2.27. The maximum atomic E-state index is 13.3. The van der Waals surface area contributed by atoms with Crippen LogP contribution in [0.15, 0.2) is 24.3 Å². The molecule has 0 saturated heterocycles. The number of nitrogens with zero attached hydrogens (tertiary/aromatic N) is 1. The summed E-state index contributed by atoms with van der Waals surface area (Å²) in [4.78, 5) is 5.62. The molecule has 1 aromatic carbocycles. The first kappa shape index (κ1) is 14.2. The summed E-state index contributed by atoms with van der Waals surface area (Å²) in [5.41, 5.74) is 0.553. The summed E-state index contributed by atoms with van der Waals surface area (Å²) in [5, 5.41) is 11.7. The molecule has 0 radical (unpaired) electrons. The number of hydrogen-bond acceptors (Lipinski definition) is 3. The maximum Gasteiger partial charge on any atom is 0.123 e. The third-order valence-electron chi connectivity index (χ3n) is 3.46. The molecule has 1 N–H and O–H groups in total. The van der Waals surface area contributed by atoms with Gasteiger partial charge in [-0.05, 0) is 38.0 Å². The lowest BCUT2D eigenvalue weighted by molar-refractivity contribution is 0.0323. The van der Waals surface area contributed by atoms with Gasteiger partial charge in [-0.1, -0.05) is 19.1 Å². The molecule has 2 nitrogen and oxygen atoms in total. The number of thiazole rings is 1. The molecule has 1 unspecified atom stereocenters. The molecule has 0 spiro atoms. The van der Waals surface area contributed by atoms with Crippen molar-refractivity contribution in [3.63, 3.8) is 0 Å². The number of aryl methyl sites for hydroxylation is 2. The molecule has 1 heterocycles. The Morgan fingerprint density at radius 1 is 1.37 bits per heavy atom. The first-order valence-electron chi connectivity index (χ1n) is 6.36. The molecule has 0 fully saturated rings. The van der Waals surface area contributed by atoms with E-state index in [0.29, 0.717) is 18.4 Å². The predicted octanol–water partition coefficient (Wildman–Crippen LogP) is 3.74. The van der Waals surface area contributed by atoms with Gasteiger partial charge in [0.2, 0.25) is 0 Å². The van der Waals surface area contributed by atoms with Crippen LogP contribution in [0.25, 0.3) is 0 Å². The summed E-state index contributed by atoms with van der Waals surface area (Å²) < 4.78 is 13.3. The SMILES string of the molecule is CCC(O)(Cc1nc(C)c(C)s1)c1cccc(F)c1. The quantitative estimate of drug-likeness (QED) is 0.925. The summed E-state index contributed by atoms with van der Waals surface area (Å²) in [7, 11) is 0. The molecule has 0 saturated carbocycles. The normalized spacial score (nSPS) is 14.4. The highest BCUT2D eigenvalue weighted by Crippen LogP contribution is 2.31. The van der Waals surface area contributed by atoms with Gasteiger partial charge in [-0.15, -0.1) is 11.3 Å². The maximum absolute atomic E-state index is 13.3. The van der Waals surface area contributed by atoms with Crippen molar-refractivity contribution in [1.29, 1.82) is 0 Å². The summed E-state index contributed by atoms with van der Waals surface area (Å²) >= 11 is 1.59. The summed E-state index contributed by atoms with van der Waals surface area (Å²) in [5.74, 6) is -0.323. The van der Waals surface area contributed by atoms with Crippen LogP contribution in [-0.4, -0.2) is 10.1 Å². The average Bonchev–Trinajstić information content (AvgIpc) is 2.68. The van der Waals surface area contributed by atoms with Gasteiger partial charge in [0, 0.05) is 11.3 Å². The summed E-state index contributed by atoms with van der Waals surface area (Å²) in [6.07, 6.45) is 0.945. The lowest BCUT2D eigenvalue weighted by Gasteiger charge is -2.26. The third-order valence-corrected chi connectivity index (χ3v) is 4.54. The van der Waals surface area contributed by atoms with Crippen molar-refractivity contribution < 1.29 is 9.50 Å². The molecule has 1 atom stereocenters. The Morgan fingerprint density at radius 3 is 2.63 bits per heavy atom. The zero-order chi connectivity index (χ0) is 14.0. The van der Waals surface area contributed by atoms with E-state index in [1.54, 1.807) is 23.5 Å². The number of hydrogen-bond donors (Lipinski definition) is 1. The summed E-state index contributed by atoms with van der Waals surface area (Å²) in [6.45, 7) is 5.88. The van der Waals surface area contributed by atoms with Gasteiger partial charge in [-0.3, -0.25) is 0 Å². The number of halogens is 1. The first-order chi connectivity index (χ1) is 8.94. The van der Waals surface area contributed by atoms with Crippen LogP contribution in [0.5, 0.6) is 0 Å². The molecule has 0 aliphatic rings. The molecule has 4 heteroatoms. The van der Waals surface area contributed by atoms with Crippen LogP contribution >= 0.6 is 11.3 Å². The molecule has 0 bridgehead atoms. The standard InChI is InChI=1S/C15H18FNOS/c1-4-15(18,12-6-5-7-13(16)8-12)9-14-17-10(2)11(3)19-14/h5-8,18H,4,9H2,1-3H3. The van der Waals surface area contributed by atoms with E-state index < -0.39 is 5.60 Å². The molecule has 2 aromatic rings. The molecular weight excluding hydrogens is 261 g/mol. The van der Waals surface area contributed by atoms with Gasteiger partial charge < -0.3 is 5.11 Å². The Labute approximate surface area is 116 Å². The van der Waals surface area contributed by atoms with Crippen LogP contribution in [0.3, 0.4) is 0 Å². The highest BCUT2D eigenvalue weighted by molar-refractivity contribution is 7.11. The monoisotopic (exact) mass is 279 g/mol. The van der Waals surface area contributed by atoms with E-state index >= 15 is 0 Å². The van der Waals surface area contributed by atoms with Crippen molar-refractivity contribution in [3.05, 3.63) is 51.2 Å². The second-order valence-electron chi connectivity index (χ2n) is 4.82. The topological polar surface area (TPSA) is 33.1 Å². The van der Waals surface area contributed by atoms with Crippen molar-refractivity contribution >= 4 is 11.3 Å². The highest BCUT2D eigenvalue weighted by Gasteiger charge is 2.29. The van der Waals surface area contributed by atoms with E-state index in [1.807, 2.05) is 20.8 Å². The van der Waals surface area contributed by atoms with Crippen LogP contribution < -0.4 is 0 Å². The van der Waals surface area contributed by atoms with Crippen molar-refractivity contribution in [2.45, 2.75) is 39.2 Å². The van der Waals surface area contributed by atoms with Crippen LogP contribution in [-0.2, 0) is 12.0 Å². The second-order valence-corrected chi connectivity index (χ2v) is 6.11. The van der Waals surface area contributed by atoms with Crippen molar-refractivity contribution in [2.75, 3.05) is 0 Å². The van der Waals surface area contributed by atoms with Crippen molar-refractivity contribution in [1.82, 2.24) is 4.98 Å².